The Morgan fingerprint density at radius 1 is 0.243 bits per heavy atom. The summed E-state index contributed by atoms with van der Waals surface area (Å²) in [4.78, 5) is 2.65. The fourth-order valence-electron chi connectivity index (χ4n) is 30.1. The molecule has 0 amide bonds. The van der Waals surface area contributed by atoms with E-state index in [-0.39, 0.29) is 27.1 Å². The van der Waals surface area contributed by atoms with Gasteiger partial charge in [-0.25, -0.2) is 0 Å². The zero-order valence-corrected chi connectivity index (χ0v) is 90.6. The molecule has 2 aromatic heterocycles. The van der Waals surface area contributed by atoms with Gasteiger partial charge in [-0.15, -0.1) is 0 Å². The van der Waals surface area contributed by atoms with Crippen molar-refractivity contribution in [2.24, 2.45) is 0 Å². The third-order valence-electron chi connectivity index (χ3n) is 38.2. The SMILES string of the molecule is CCCCCCCCC1(CCCCCCCC)c2ccccc2-c2ccc(-c3ccc4c(c3)C(C)(C)c3cc(-c5cc6c(c7c8c(oc57)C=CCC8)-c5ccc(N(c7ccc8c(c7)C(C)(C)c7cc(-c9ccc%10c(c9)C(C)(C)c9cc(-c%11ccc%12c(c%11)C(CCCCCCCC)(CCCCCCCC)c%11ccccc%11-%12)ccc9-%10)c9oc%10ccccc%10c9c7-8)c7cccc8c7-c7ccccc7C8(C)C)cc5C6(C)C)ccc3-4)cc21. The molecule has 2 heterocycles. The predicted octanol–water partition coefficient (Wildman–Crippen LogP) is 42.5. The quantitative estimate of drug-likeness (QED) is 0.0371. The topological polar surface area (TPSA) is 29.5 Å². The maximum atomic E-state index is 7.44. The summed E-state index contributed by atoms with van der Waals surface area (Å²) in [7, 11) is 0. The molecule has 8 aliphatic carbocycles. The van der Waals surface area contributed by atoms with Gasteiger partial charge < -0.3 is 13.7 Å². The standard InChI is InChI=1S/C145H149NO2/c1-15-19-23-27-31-45-78-144(79-46-32-28-24-20-16-2)116-56-41-35-50-100(116)106-72-64-94(84-125(106)144)92-62-70-102-104-74-66-96(86-121(104)140(7,8)119(102)82-92)113-90-127-133(135-111-53-38-43-60-130(111)147-137(113)135)109-76-68-98(88-123(109)142(127,11)12)146(129-59-49-58-118-132(129)108-52-37-40-55-115(108)139(118,5)6)99-69-77-110-124(89-99)143(13,14)128-91-114(138-136(134(110)128)112-54-39-44-61-131(112)148-138)97-67-75-105-103-71-63-93(83-120(103)141(9,10)122(105)87-97)95-65-73-107-101-51-36-42-57-117(101)145(126(107)85-95,80-47-33-29-25-21-17-3)81-48-34-30-26-22-18-4/h35-38,40-44,49-53,55-77,82-91H,15-34,39,45-48,54,78-81H2,1-14H3. The van der Waals surface area contributed by atoms with Gasteiger partial charge in [0.15, 0.2) is 0 Å². The fourth-order valence-corrected chi connectivity index (χ4v) is 30.1. The highest BCUT2D eigenvalue weighted by Gasteiger charge is 2.49. The smallest absolute Gasteiger partial charge is 0.143 e. The van der Waals surface area contributed by atoms with Crippen LogP contribution in [0.4, 0.5) is 17.1 Å². The van der Waals surface area contributed by atoms with Gasteiger partial charge in [-0.1, -0.05) is 445 Å². The highest BCUT2D eigenvalue weighted by molar-refractivity contribution is 6.19. The van der Waals surface area contributed by atoms with Crippen LogP contribution in [0.15, 0.2) is 288 Å². The van der Waals surface area contributed by atoms with Crippen LogP contribution in [0, 0.1) is 0 Å². The second-order valence-corrected chi connectivity index (χ2v) is 48.6. The van der Waals surface area contributed by atoms with Gasteiger partial charge >= 0.3 is 0 Å². The largest absolute Gasteiger partial charge is 0.456 e. The molecule has 0 bridgehead atoms. The second kappa shape index (κ2) is 37.4. The molecule has 0 aliphatic heterocycles. The van der Waals surface area contributed by atoms with Crippen molar-refractivity contribution in [2.75, 3.05) is 4.90 Å². The summed E-state index contributed by atoms with van der Waals surface area (Å²) in [5, 5.41) is 3.61. The Kier molecular flexibility index (Phi) is 24.3. The van der Waals surface area contributed by atoms with Crippen LogP contribution in [-0.4, -0.2) is 0 Å². The molecular formula is C145H149NO2. The van der Waals surface area contributed by atoms with E-state index < -0.39 is 10.8 Å². The summed E-state index contributed by atoms with van der Waals surface area (Å²) < 4.78 is 14.8. The lowest BCUT2D eigenvalue weighted by atomic mass is 9.70. The molecule has 8 aliphatic rings. The number of rotatable bonds is 35. The van der Waals surface area contributed by atoms with Crippen molar-refractivity contribution >= 4 is 56.0 Å². The van der Waals surface area contributed by atoms with Crippen molar-refractivity contribution in [1.29, 1.82) is 0 Å². The van der Waals surface area contributed by atoms with Crippen molar-refractivity contribution in [3.8, 4) is 122 Å². The van der Waals surface area contributed by atoms with E-state index >= 15 is 0 Å². The third-order valence-corrected chi connectivity index (χ3v) is 38.2. The first kappa shape index (κ1) is 96.1. The number of aryl methyl sites for hydroxylation is 1. The Hall–Kier alpha value is -12.8. The molecule has 0 radical (unpaired) electrons. The number of unbranched alkanes of at least 4 members (excludes halogenated alkanes) is 20. The lowest BCUT2D eigenvalue weighted by Crippen LogP contribution is -2.25. The minimum absolute atomic E-state index is 0.0133. The van der Waals surface area contributed by atoms with E-state index in [1.807, 2.05) is 0 Å². The van der Waals surface area contributed by atoms with Gasteiger partial charge in [0.1, 0.15) is 22.5 Å². The van der Waals surface area contributed by atoms with Crippen molar-refractivity contribution in [3.05, 3.63) is 368 Å². The predicted molar refractivity (Wildman–Crippen MR) is 629 cm³/mol. The number of allylic oxidation sites excluding steroid dienone is 1. The molecular weight excluding hydrogens is 1790 g/mol. The maximum absolute atomic E-state index is 7.44. The van der Waals surface area contributed by atoms with Crippen molar-refractivity contribution < 1.29 is 8.83 Å². The molecule has 3 heteroatoms. The summed E-state index contributed by atoms with van der Waals surface area (Å²) in [6.07, 6.45) is 42.8. The Bertz CT molecular complexity index is 8170. The molecule has 0 fully saturated rings. The molecule has 746 valence electrons. The Labute approximate surface area is 881 Å². The number of nitrogens with zero attached hydrogens (tertiary/aromatic N) is 1. The van der Waals surface area contributed by atoms with E-state index in [1.165, 1.54) is 374 Å². The number of hydrogen-bond donors (Lipinski definition) is 0. The summed E-state index contributed by atoms with van der Waals surface area (Å²) in [5.41, 5.74) is 54.7. The monoisotopic (exact) mass is 1940 g/mol. The molecule has 0 atom stereocenters. The van der Waals surface area contributed by atoms with Gasteiger partial charge in [-0.05, 0) is 313 Å². The molecule has 3 nitrogen and oxygen atoms in total. The van der Waals surface area contributed by atoms with Gasteiger partial charge in [0.25, 0.3) is 0 Å². The number of furan rings is 2. The van der Waals surface area contributed by atoms with E-state index in [2.05, 4.69) is 387 Å². The van der Waals surface area contributed by atoms with Gasteiger partial charge in [0, 0.05) is 87.7 Å². The fraction of sp³-hybridized carbons (Fsp3) is 0.352. The molecule has 25 rings (SSSR count). The maximum Gasteiger partial charge on any atom is 0.143 e. The average molecular weight is 1940 g/mol. The summed E-state index contributed by atoms with van der Waals surface area (Å²) in [5.74, 6) is 0.994. The Balaban J connectivity index is 0.561. The highest BCUT2D eigenvalue weighted by Crippen LogP contribution is 2.66. The van der Waals surface area contributed by atoms with Gasteiger partial charge in [0.05, 0.1) is 5.69 Å². The van der Waals surface area contributed by atoms with E-state index in [4.69, 9.17) is 8.83 Å². The molecule has 17 aromatic rings. The van der Waals surface area contributed by atoms with E-state index in [0.717, 1.165) is 57.7 Å². The van der Waals surface area contributed by atoms with Crippen LogP contribution in [0.3, 0.4) is 0 Å². The minimum atomic E-state index is -0.442. The Morgan fingerprint density at radius 3 is 1.03 bits per heavy atom. The van der Waals surface area contributed by atoms with Crippen LogP contribution in [-0.2, 0) is 44.3 Å². The van der Waals surface area contributed by atoms with E-state index in [9.17, 15) is 0 Å². The minimum Gasteiger partial charge on any atom is -0.456 e. The Morgan fingerprint density at radius 2 is 0.574 bits per heavy atom. The number of para-hydroxylation sites is 1. The lowest BCUT2D eigenvalue weighted by molar-refractivity contribution is 0.398. The van der Waals surface area contributed by atoms with Crippen LogP contribution in [0.25, 0.3) is 161 Å². The van der Waals surface area contributed by atoms with Gasteiger partial charge in [0.2, 0.25) is 0 Å². The van der Waals surface area contributed by atoms with Crippen LogP contribution in [0.1, 0.15) is 372 Å². The molecule has 15 aromatic carbocycles. The van der Waals surface area contributed by atoms with Crippen LogP contribution in [0.5, 0.6) is 0 Å². The molecule has 0 unspecified atom stereocenters. The molecule has 148 heavy (non-hydrogen) atoms. The molecule has 0 spiro atoms. The zero-order chi connectivity index (χ0) is 101. The van der Waals surface area contributed by atoms with Crippen LogP contribution < -0.4 is 4.90 Å². The number of hydrogen-bond acceptors (Lipinski definition) is 3. The summed E-state index contributed by atoms with van der Waals surface area (Å²) >= 11 is 0. The normalized spacial score (nSPS) is 16.0. The first-order valence-electron chi connectivity index (χ1n) is 57.7. The first-order valence-corrected chi connectivity index (χ1v) is 57.7. The molecule has 0 N–H and O–H groups in total. The number of benzene rings is 15. The van der Waals surface area contributed by atoms with Crippen molar-refractivity contribution in [2.45, 2.75) is 327 Å². The van der Waals surface area contributed by atoms with Crippen LogP contribution >= 0.6 is 0 Å². The molecule has 0 saturated carbocycles. The van der Waals surface area contributed by atoms with Crippen LogP contribution in [0.2, 0.25) is 0 Å². The average Bonchev–Trinajstić information content (AvgIpc) is 1.53. The van der Waals surface area contributed by atoms with Crippen molar-refractivity contribution in [1.82, 2.24) is 0 Å². The first-order chi connectivity index (χ1) is 72.0. The molecule has 0 saturated heterocycles. The third kappa shape index (κ3) is 15.1. The van der Waals surface area contributed by atoms with Gasteiger partial charge in [-0.3, -0.25) is 0 Å². The second-order valence-electron chi connectivity index (χ2n) is 48.6. The lowest BCUT2D eigenvalue weighted by Gasteiger charge is -2.33. The van der Waals surface area contributed by atoms with E-state index in [0.29, 0.717) is 0 Å². The highest BCUT2D eigenvalue weighted by atomic mass is 16.3. The van der Waals surface area contributed by atoms with E-state index in [1.54, 1.807) is 22.3 Å². The number of anilines is 3. The zero-order valence-electron chi connectivity index (χ0n) is 90.6. The number of fused-ring (bicyclic) bond motifs is 29. The van der Waals surface area contributed by atoms with Gasteiger partial charge in [-0.2, -0.15) is 0 Å². The summed E-state index contributed by atoms with van der Waals surface area (Å²) in [6, 6.07) is 109. The van der Waals surface area contributed by atoms with Crippen molar-refractivity contribution in [3.63, 3.8) is 0 Å². The summed E-state index contributed by atoms with van der Waals surface area (Å²) in [6.45, 7) is 34.1.